The fourth-order valence-corrected chi connectivity index (χ4v) is 2.60. The number of ether oxygens (including phenoxy) is 1. The average molecular weight is 269 g/mol. The summed E-state index contributed by atoms with van der Waals surface area (Å²) in [5.41, 5.74) is -0.635. The van der Waals surface area contributed by atoms with Gasteiger partial charge < -0.3 is 10.1 Å². The molecule has 5 nitrogen and oxygen atoms in total. The fraction of sp³-hybridized carbons (Fsp3) is 0.583. The summed E-state index contributed by atoms with van der Waals surface area (Å²) in [6.07, 6.45) is 3.91. The first-order valence-electron chi connectivity index (χ1n) is 5.84. The molecule has 1 heterocycles. The Hall–Kier alpha value is -1.14. The van der Waals surface area contributed by atoms with Crippen molar-refractivity contribution in [2.24, 2.45) is 0 Å². The van der Waals surface area contributed by atoms with E-state index in [0.717, 1.165) is 17.3 Å². The van der Waals surface area contributed by atoms with Crippen molar-refractivity contribution in [1.29, 1.82) is 0 Å². The Kier molecular flexibility index (Phi) is 6.07. The Balaban J connectivity index is 2.50. The second kappa shape index (κ2) is 7.33. The van der Waals surface area contributed by atoms with Crippen molar-refractivity contribution in [2.45, 2.75) is 30.8 Å². The summed E-state index contributed by atoms with van der Waals surface area (Å²) >= 11 is 1.60. The topological polar surface area (TPSA) is 64.1 Å². The van der Waals surface area contributed by atoms with Gasteiger partial charge >= 0.3 is 5.97 Å². The SMILES string of the molecule is CCNC(C)(CCSc1ccncn1)C(=O)OC. The summed E-state index contributed by atoms with van der Waals surface area (Å²) in [4.78, 5) is 19.7. The molecule has 0 aliphatic heterocycles. The Morgan fingerprint density at radius 1 is 1.61 bits per heavy atom. The number of thioether (sulfide) groups is 1. The third kappa shape index (κ3) is 4.27. The van der Waals surface area contributed by atoms with Crippen molar-refractivity contribution in [1.82, 2.24) is 15.3 Å². The highest BCUT2D eigenvalue weighted by Gasteiger charge is 2.32. The molecule has 6 heteroatoms. The summed E-state index contributed by atoms with van der Waals surface area (Å²) in [5, 5.41) is 4.09. The molecule has 0 spiro atoms. The van der Waals surface area contributed by atoms with Crippen LogP contribution in [0.15, 0.2) is 23.6 Å². The van der Waals surface area contributed by atoms with Crippen LogP contribution in [0.25, 0.3) is 0 Å². The van der Waals surface area contributed by atoms with Gasteiger partial charge in [-0.05, 0) is 26.0 Å². The van der Waals surface area contributed by atoms with E-state index in [2.05, 4.69) is 15.3 Å². The Bertz CT molecular complexity index is 375. The number of nitrogens with one attached hydrogen (secondary N) is 1. The van der Waals surface area contributed by atoms with Crippen molar-refractivity contribution in [3.63, 3.8) is 0 Å². The predicted octanol–water partition coefficient (Wildman–Crippen LogP) is 1.50. The van der Waals surface area contributed by atoms with Gasteiger partial charge in [-0.2, -0.15) is 0 Å². The van der Waals surface area contributed by atoms with E-state index < -0.39 is 5.54 Å². The van der Waals surface area contributed by atoms with Crippen LogP contribution in [0.1, 0.15) is 20.3 Å². The molecular formula is C12H19N3O2S. The molecule has 1 N–H and O–H groups in total. The van der Waals surface area contributed by atoms with Crippen LogP contribution in [0.2, 0.25) is 0 Å². The lowest BCUT2D eigenvalue weighted by Gasteiger charge is -2.27. The minimum Gasteiger partial charge on any atom is -0.468 e. The summed E-state index contributed by atoms with van der Waals surface area (Å²) < 4.78 is 4.83. The molecule has 100 valence electrons. The lowest BCUT2D eigenvalue weighted by Crippen LogP contribution is -2.50. The molecule has 0 aliphatic carbocycles. The molecule has 0 amide bonds. The Morgan fingerprint density at radius 2 is 2.39 bits per heavy atom. The second-order valence-electron chi connectivity index (χ2n) is 4.00. The summed E-state index contributed by atoms with van der Waals surface area (Å²) in [6, 6.07) is 1.85. The highest BCUT2D eigenvalue weighted by Crippen LogP contribution is 2.20. The molecule has 0 saturated carbocycles. The molecule has 0 aliphatic rings. The molecule has 1 rings (SSSR count). The van der Waals surface area contributed by atoms with Gasteiger partial charge in [-0.3, -0.25) is 4.79 Å². The van der Waals surface area contributed by atoms with E-state index in [9.17, 15) is 4.79 Å². The number of rotatable bonds is 7. The van der Waals surface area contributed by atoms with E-state index in [4.69, 9.17) is 4.74 Å². The van der Waals surface area contributed by atoms with Crippen molar-refractivity contribution in [2.75, 3.05) is 19.4 Å². The van der Waals surface area contributed by atoms with Gasteiger partial charge in [0.25, 0.3) is 0 Å². The zero-order valence-electron chi connectivity index (χ0n) is 11.0. The summed E-state index contributed by atoms with van der Waals surface area (Å²) in [6.45, 7) is 4.56. The molecular weight excluding hydrogens is 250 g/mol. The first-order chi connectivity index (χ1) is 8.62. The molecule has 0 radical (unpaired) electrons. The maximum atomic E-state index is 11.7. The predicted molar refractivity (Wildman–Crippen MR) is 71.5 cm³/mol. The average Bonchev–Trinajstić information content (AvgIpc) is 2.39. The largest absolute Gasteiger partial charge is 0.468 e. The van der Waals surface area contributed by atoms with Crippen molar-refractivity contribution >= 4 is 17.7 Å². The molecule has 1 atom stereocenters. The van der Waals surface area contributed by atoms with Crippen LogP contribution >= 0.6 is 11.8 Å². The number of carbonyl (C=O) groups is 1. The van der Waals surface area contributed by atoms with E-state index >= 15 is 0 Å². The van der Waals surface area contributed by atoms with Gasteiger partial charge in [0.1, 0.15) is 11.9 Å². The number of nitrogens with zero attached hydrogens (tertiary/aromatic N) is 2. The molecule has 1 unspecified atom stereocenters. The van der Waals surface area contributed by atoms with Crippen molar-refractivity contribution < 1.29 is 9.53 Å². The highest BCUT2D eigenvalue weighted by atomic mass is 32.2. The van der Waals surface area contributed by atoms with Gasteiger partial charge in [-0.1, -0.05) is 6.92 Å². The van der Waals surface area contributed by atoms with Gasteiger partial charge in [0.15, 0.2) is 0 Å². The maximum absolute atomic E-state index is 11.7. The quantitative estimate of drug-likeness (QED) is 0.460. The number of aromatic nitrogens is 2. The molecule has 1 aromatic heterocycles. The third-order valence-corrected chi connectivity index (χ3v) is 3.56. The smallest absolute Gasteiger partial charge is 0.325 e. The molecule has 0 bridgehead atoms. The van der Waals surface area contributed by atoms with E-state index in [0.29, 0.717) is 6.42 Å². The number of hydrogen-bond acceptors (Lipinski definition) is 6. The van der Waals surface area contributed by atoms with Gasteiger partial charge in [-0.25, -0.2) is 9.97 Å². The van der Waals surface area contributed by atoms with Crippen molar-refractivity contribution in [3.8, 4) is 0 Å². The minimum atomic E-state index is -0.635. The van der Waals surface area contributed by atoms with E-state index in [1.165, 1.54) is 13.4 Å². The van der Waals surface area contributed by atoms with Crippen LogP contribution < -0.4 is 5.32 Å². The van der Waals surface area contributed by atoms with Crippen molar-refractivity contribution in [3.05, 3.63) is 18.6 Å². The van der Waals surface area contributed by atoms with Crippen LogP contribution in [-0.2, 0) is 9.53 Å². The van der Waals surface area contributed by atoms with Crippen LogP contribution in [0.4, 0.5) is 0 Å². The highest BCUT2D eigenvalue weighted by molar-refractivity contribution is 7.99. The van der Waals surface area contributed by atoms with Gasteiger partial charge in [0.05, 0.1) is 12.1 Å². The fourth-order valence-electron chi connectivity index (χ4n) is 1.60. The lowest BCUT2D eigenvalue weighted by molar-refractivity contribution is -0.147. The molecule has 0 aromatic carbocycles. The van der Waals surface area contributed by atoms with Crippen LogP contribution in [0, 0.1) is 0 Å². The summed E-state index contributed by atoms with van der Waals surface area (Å²) in [7, 11) is 1.41. The first-order valence-corrected chi connectivity index (χ1v) is 6.83. The van der Waals surface area contributed by atoms with Gasteiger partial charge in [0.2, 0.25) is 0 Å². The van der Waals surface area contributed by atoms with Crippen LogP contribution in [0.5, 0.6) is 0 Å². The van der Waals surface area contributed by atoms with E-state index in [1.54, 1.807) is 18.0 Å². The molecule has 1 aromatic rings. The third-order valence-electron chi connectivity index (χ3n) is 2.61. The van der Waals surface area contributed by atoms with E-state index in [1.807, 2.05) is 19.9 Å². The number of hydrogen-bond donors (Lipinski definition) is 1. The number of esters is 1. The second-order valence-corrected chi connectivity index (χ2v) is 5.12. The van der Waals surface area contributed by atoms with E-state index in [-0.39, 0.29) is 5.97 Å². The number of carbonyl (C=O) groups excluding carboxylic acids is 1. The Morgan fingerprint density at radius 3 is 2.94 bits per heavy atom. The number of methoxy groups -OCH3 is 1. The van der Waals surface area contributed by atoms with Crippen LogP contribution in [-0.4, -0.2) is 40.9 Å². The maximum Gasteiger partial charge on any atom is 0.325 e. The van der Waals surface area contributed by atoms with Gasteiger partial charge in [-0.15, -0.1) is 11.8 Å². The monoisotopic (exact) mass is 269 g/mol. The number of likely N-dealkylation sites (N-methyl/N-ethyl adjacent to an activating group) is 1. The molecule has 0 fully saturated rings. The Labute approximate surface area is 112 Å². The minimum absolute atomic E-state index is 0.229. The van der Waals surface area contributed by atoms with Crippen LogP contribution in [0.3, 0.4) is 0 Å². The molecule has 18 heavy (non-hydrogen) atoms. The summed E-state index contributed by atoms with van der Waals surface area (Å²) in [5.74, 6) is 0.558. The normalized spacial score (nSPS) is 13.9. The molecule has 0 saturated heterocycles. The standard InChI is InChI=1S/C12H19N3O2S/c1-4-15-12(2,11(16)17-3)6-8-18-10-5-7-13-9-14-10/h5,7,9,15H,4,6,8H2,1-3H3. The van der Waals surface area contributed by atoms with Gasteiger partial charge in [0, 0.05) is 11.9 Å². The zero-order valence-corrected chi connectivity index (χ0v) is 11.8. The first kappa shape index (κ1) is 14.9. The lowest BCUT2D eigenvalue weighted by atomic mass is 9.99. The zero-order chi connectivity index (χ0) is 13.4.